The van der Waals surface area contributed by atoms with Gasteiger partial charge in [-0.15, -0.1) is 0 Å². The summed E-state index contributed by atoms with van der Waals surface area (Å²) in [7, 11) is 1.58. The van der Waals surface area contributed by atoms with Crippen LogP contribution in [0.1, 0.15) is 39.7 Å². The van der Waals surface area contributed by atoms with Crippen molar-refractivity contribution in [3.63, 3.8) is 0 Å². The molecule has 9 nitrogen and oxygen atoms in total. The van der Waals surface area contributed by atoms with Crippen LogP contribution in [0.2, 0.25) is 0 Å². The first-order valence-electron chi connectivity index (χ1n) is 12.0. The summed E-state index contributed by atoms with van der Waals surface area (Å²) >= 11 is 0. The summed E-state index contributed by atoms with van der Waals surface area (Å²) in [4.78, 5) is 27.3. The summed E-state index contributed by atoms with van der Waals surface area (Å²) in [6, 6.07) is 5.96. The molecule has 0 aliphatic carbocycles. The molecule has 3 heterocycles. The van der Waals surface area contributed by atoms with Crippen LogP contribution in [-0.2, 0) is 6.54 Å². The highest BCUT2D eigenvalue weighted by Gasteiger charge is 2.36. The van der Waals surface area contributed by atoms with E-state index in [0.29, 0.717) is 24.6 Å². The van der Waals surface area contributed by atoms with Gasteiger partial charge in [-0.1, -0.05) is 13.0 Å². The van der Waals surface area contributed by atoms with Crippen molar-refractivity contribution in [1.29, 1.82) is 0 Å². The molecule has 1 unspecified atom stereocenters. The number of ether oxygens (including phenoxy) is 1. The summed E-state index contributed by atoms with van der Waals surface area (Å²) in [6.07, 6.45) is 3.46. The van der Waals surface area contributed by atoms with E-state index in [4.69, 9.17) is 10.5 Å². The second kappa shape index (κ2) is 10.2. The van der Waals surface area contributed by atoms with Crippen LogP contribution in [0.15, 0.2) is 36.7 Å². The van der Waals surface area contributed by atoms with Crippen LogP contribution in [0.5, 0.6) is 5.75 Å². The number of carbonyl (C=O) groups excluding carboxylic acids is 1. The number of halogens is 2. The number of fused-ring (bicyclic) bond motifs is 1. The molecule has 0 saturated heterocycles. The fourth-order valence-corrected chi connectivity index (χ4v) is 4.14. The van der Waals surface area contributed by atoms with Gasteiger partial charge < -0.3 is 25.6 Å². The van der Waals surface area contributed by atoms with Gasteiger partial charge in [0.05, 0.1) is 18.4 Å². The fourth-order valence-electron chi connectivity index (χ4n) is 4.14. The first-order chi connectivity index (χ1) is 17.5. The van der Waals surface area contributed by atoms with Gasteiger partial charge >= 0.3 is 6.03 Å². The third kappa shape index (κ3) is 5.71. The fraction of sp³-hybridized carbons (Fsp3) is 0.385. The zero-order valence-electron chi connectivity index (χ0n) is 21.5. The van der Waals surface area contributed by atoms with Crippen LogP contribution in [-0.4, -0.2) is 51.1 Å². The van der Waals surface area contributed by atoms with Crippen molar-refractivity contribution in [2.45, 2.75) is 52.3 Å². The van der Waals surface area contributed by atoms with Crippen molar-refractivity contribution in [3.05, 3.63) is 53.9 Å². The zero-order chi connectivity index (χ0) is 26.9. The van der Waals surface area contributed by atoms with E-state index in [1.165, 1.54) is 11.0 Å². The van der Waals surface area contributed by atoms with Crippen LogP contribution >= 0.6 is 0 Å². The van der Waals surface area contributed by atoms with Gasteiger partial charge in [-0.05, 0) is 51.0 Å². The van der Waals surface area contributed by atoms with Crippen molar-refractivity contribution in [1.82, 2.24) is 19.9 Å². The van der Waals surface area contributed by atoms with Gasteiger partial charge in [-0.3, -0.25) is 0 Å². The molecule has 4 rings (SSSR count). The summed E-state index contributed by atoms with van der Waals surface area (Å²) in [5.74, 6) is -0.605. The Hall–Kier alpha value is -4.02. The van der Waals surface area contributed by atoms with E-state index in [1.54, 1.807) is 31.4 Å². The molecule has 2 amide bonds. The molecule has 1 aliphatic heterocycles. The Labute approximate surface area is 214 Å². The standard InChI is InChI=1S/C26H31F2N7O2/c1-6-15(2)35-14-26(3,4)37-23-18(27)9-17(10-20(23)35)22-19(28)12-31-25(33-22)32-21-8-7-16(11-30-21)13-34(5)24(29)36/h7-12,15H,6,13-14H2,1-5H3,(H2,29,36)(H,30,31,32,33). The summed E-state index contributed by atoms with van der Waals surface area (Å²) in [5, 5.41) is 2.93. The second-order valence-corrected chi connectivity index (χ2v) is 9.81. The number of hydrogen-bond acceptors (Lipinski definition) is 7. The monoisotopic (exact) mass is 511 g/mol. The molecular formula is C26H31F2N7O2. The highest BCUT2D eigenvalue weighted by atomic mass is 19.1. The molecule has 1 aliphatic rings. The van der Waals surface area contributed by atoms with Crippen molar-refractivity contribution < 1.29 is 18.3 Å². The topological polar surface area (TPSA) is 110 Å². The van der Waals surface area contributed by atoms with E-state index in [0.717, 1.165) is 18.2 Å². The molecule has 0 fully saturated rings. The summed E-state index contributed by atoms with van der Waals surface area (Å²) in [5.41, 5.74) is 6.24. The van der Waals surface area contributed by atoms with E-state index in [1.807, 2.05) is 13.8 Å². The molecular weight excluding hydrogens is 480 g/mol. The number of primary amides is 1. The number of aromatic nitrogens is 3. The van der Waals surface area contributed by atoms with Gasteiger partial charge in [0.25, 0.3) is 0 Å². The number of benzene rings is 1. The summed E-state index contributed by atoms with van der Waals surface area (Å²) < 4.78 is 36.1. The highest BCUT2D eigenvalue weighted by Crippen LogP contribution is 2.43. The lowest BCUT2D eigenvalue weighted by Gasteiger charge is -2.44. The lowest BCUT2D eigenvalue weighted by Crippen LogP contribution is -2.50. The van der Waals surface area contributed by atoms with Crippen LogP contribution in [0.3, 0.4) is 0 Å². The molecule has 0 spiro atoms. The minimum absolute atomic E-state index is 0.0483. The van der Waals surface area contributed by atoms with E-state index in [9.17, 15) is 9.18 Å². The van der Waals surface area contributed by atoms with Crippen LogP contribution in [0, 0.1) is 11.6 Å². The molecule has 196 valence electrons. The van der Waals surface area contributed by atoms with E-state index < -0.39 is 23.3 Å². The number of carbonyl (C=O) groups is 1. The molecule has 1 atom stereocenters. The normalized spacial score (nSPS) is 14.9. The van der Waals surface area contributed by atoms with Crippen molar-refractivity contribution in [2.75, 3.05) is 23.8 Å². The van der Waals surface area contributed by atoms with E-state index in [2.05, 4.69) is 39.0 Å². The second-order valence-electron chi connectivity index (χ2n) is 9.81. The first kappa shape index (κ1) is 26.1. The van der Waals surface area contributed by atoms with Gasteiger partial charge in [0.2, 0.25) is 5.95 Å². The molecule has 0 saturated carbocycles. The lowest BCUT2D eigenvalue weighted by atomic mass is 10.00. The number of amides is 2. The maximum Gasteiger partial charge on any atom is 0.314 e. The Morgan fingerprint density at radius 1 is 1.24 bits per heavy atom. The average molecular weight is 512 g/mol. The average Bonchev–Trinajstić information content (AvgIpc) is 2.85. The number of nitrogens with zero attached hydrogens (tertiary/aromatic N) is 5. The van der Waals surface area contributed by atoms with E-state index >= 15 is 4.39 Å². The number of nitrogens with two attached hydrogens (primary N) is 1. The third-order valence-corrected chi connectivity index (χ3v) is 6.26. The van der Waals surface area contributed by atoms with Gasteiger partial charge in [-0.25, -0.2) is 28.5 Å². The first-order valence-corrected chi connectivity index (χ1v) is 12.0. The molecule has 0 bridgehead atoms. The summed E-state index contributed by atoms with van der Waals surface area (Å²) in [6.45, 7) is 8.82. The molecule has 3 aromatic rings. The van der Waals surface area contributed by atoms with Crippen molar-refractivity contribution >= 4 is 23.5 Å². The quantitative estimate of drug-likeness (QED) is 0.467. The smallest absolute Gasteiger partial charge is 0.314 e. The molecule has 1 aromatic carbocycles. The van der Waals surface area contributed by atoms with Crippen LogP contribution < -0.4 is 20.7 Å². The number of hydrogen-bond donors (Lipinski definition) is 2. The predicted octanol–water partition coefficient (Wildman–Crippen LogP) is 4.85. The van der Waals surface area contributed by atoms with Crippen molar-refractivity contribution in [3.8, 4) is 17.0 Å². The number of rotatable bonds is 7. The maximum absolute atomic E-state index is 15.3. The van der Waals surface area contributed by atoms with Crippen LogP contribution in [0.25, 0.3) is 11.3 Å². The Balaban J connectivity index is 1.64. The molecule has 0 radical (unpaired) electrons. The third-order valence-electron chi connectivity index (χ3n) is 6.26. The zero-order valence-corrected chi connectivity index (χ0v) is 21.5. The largest absolute Gasteiger partial charge is 0.481 e. The predicted molar refractivity (Wildman–Crippen MR) is 138 cm³/mol. The molecule has 3 N–H and O–H groups in total. The van der Waals surface area contributed by atoms with E-state index in [-0.39, 0.29) is 29.0 Å². The Bertz CT molecular complexity index is 1300. The Morgan fingerprint density at radius 3 is 2.65 bits per heavy atom. The lowest BCUT2D eigenvalue weighted by molar-refractivity contribution is 0.0960. The minimum Gasteiger partial charge on any atom is -0.481 e. The Morgan fingerprint density at radius 2 is 2.00 bits per heavy atom. The van der Waals surface area contributed by atoms with Gasteiger partial charge in [0.1, 0.15) is 17.1 Å². The van der Waals surface area contributed by atoms with Gasteiger partial charge in [0.15, 0.2) is 17.4 Å². The SMILES string of the molecule is CCC(C)N1CC(C)(C)Oc2c(F)cc(-c3nc(Nc4ccc(CN(C)C(N)=O)cn4)ncc3F)cc21. The van der Waals surface area contributed by atoms with Crippen LogP contribution in [0.4, 0.5) is 31.0 Å². The molecule has 37 heavy (non-hydrogen) atoms. The number of anilines is 3. The highest BCUT2D eigenvalue weighted by molar-refractivity contribution is 5.73. The number of pyridine rings is 1. The van der Waals surface area contributed by atoms with Gasteiger partial charge in [0, 0.05) is 31.4 Å². The maximum atomic E-state index is 15.3. The van der Waals surface area contributed by atoms with Crippen molar-refractivity contribution in [2.24, 2.45) is 5.73 Å². The number of nitrogens with one attached hydrogen (secondary N) is 1. The Kier molecular flexibility index (Phi) is 7.15. The molecule has 11 heteroatoms. The number of urea groups is 1. The minimum atomic E-state index is -0.685. The molecule has 2 aromatic heterocycles. The van der Waals surface area contributed by atoms with Gasteiger partial charge in [-0.2, -0.15) is 0 Å².